The average molecular weight is 250 g/mol. The van der Waals surface area contributed by atoms with Crippen molar-refractivity contribution >= 4 is 17.1 Å². The summed E-state index contributed by atoms with van der Waals surface area (Å²) >= 11 is 1.33. The second kappa shape index (κ2) is 5.70. The number of Topliss-reactive ketones (excluding diaryl/α,β-unsaturated/α-hetero) is 1. The highest BCUT2D eigenvalue weighted by atomic mass is 32.1. The molecule has 6 heteroatoms. The van der Waals surface area contributed by atoms with Crippen LogP contribution in [0.4, 0.5) is 0 Å². The Kier molecular flexibility index (Phi) is 4.00. The number of aromatic nitrogens is 3. The molecule has 0 aromatic carbocycles. The average Bonchev–Trinajstić information content (AvgIpc) is 3.00. The third-order valence-corrected chi connectivity index (χ3v) is 3.26. The first kappa shape index (κ1) is 11.9. The molecule has 5 nitrogen and oxygen atoms in total. The van der Waals surface area contributed by atoms with Crippen LogP contribution in [0.25, 0.3) is 0 Å². The fourth-order valence-corrected chi connectivity index (χ4v) is 2.19. The maximum absolute atomic E-state index is 11.8. The first-order chi connectivity index (χ1) is 8.27. The van der Waals surface area contributed by atoms with Crippen LogP contribution in [0.2, 0.25) is 0 Å². The van der Waals surface area contributed by atoms with Gasteiger partial charge in [-0.1, -0.05) is 0 Å². The summed E-state index contributed by atoms with van der Waals surface area (Å²) in [5.41, 5.74) is 5.84. The zero-order valence-electron chi connectivity index (χ0n) is 9.32. The topological polar surface area (TPSA) is 73.8 Å². The molecule has 2 N–H and O–H groups in total. The van der Waals surface area contributed by atoms with Crippen molar-refractivity contribution in [1.82, 2.24) is 14.5 Å². The number of carbonyl (C=O) groups is 1. The maximum atomic E-state index is 11.8. The number of aryl methyl sites for hydroxylation is 1. The van der Waals surface area contributed by atoms with Gasteiger partial charge in [-0.3, -0.25) is 4.79 Å². The van der Waals surface area contributed by atoms with Gasteiger partial charge in [0.15, 0.2) is 5.01 Å². The van der Waals surface area contributed by atoms with Gasteiger partial charge in [0.05, 0.1) is 12.4 Å². The van der Waals surface area contributed by atoms with Gasteiger partial charge in [-0.25, -0.2) is 9.97 Å². The molecule has 2 rings (SSSR count). The first-order valence-corrected chi connectivity index (χ1v) is 6.30. The Labute approximate surface area is 103 Å². The predicted molar refractivity (Wildman–Crippen MR) is 65.9 cm³/mol. The van der Waals surface area contributed by atoms with Crippen molar-refractivity contribution in [2.24, 2.45) is 5.73 Å². The Morgan fingerprint density at radius 2 is 2.41 bits per heavy atom. The van der Waals surface area contributed by atoms with Gasteiger partial charge in [0, 0.05) is 30.5 Å². The number of nitrogens with zero attached hydrogens (tertiary/aromatic N) is 3. The molecule has 0 spiro atoms. The van der Waals surface area contributed by atoms with E-state index in [9.17, 15) is 4.79 Å². The lowest BCUT2D eigenvalue weighted by molar-refractivity contribution is 0.0955. The molecule has 0 aliphatic carbocycles. The molecule has 0 saturated heterocycles. The SMILES string of the molecule is NC(CCCn1ccnc1)C(=O)c1nccs1. The van der Waals surface area contributed by atoms with Gasteiger partial charge < -0.3 is 10.3 Å². The molecule has 0 amide bonds. The van der Waals surface area contributed by atoms with Gasteiger partial charge in [-0.2, -0.15) is 0 Å². The van der Waals surface area contributed by atoms with Crippen LogP contribution in [-0.4, -0.2) is 26.4 Å². The standard InChI is InChI=1S/C11H14N4OS/c12-9(10(16)11-14-4-7-17-11)2-1-5-15-6-3-13-8-15/h3-4,6-9H,1-2,5,12H2. The van der Waals surface area contributed by atoms with Crippen LogP contribution in [-0.2, 0) is 6.54 Å². The normalized spacial score (nSPS) is 12.5. The number of ketones is 1. The minimum Gasteiger partial charge on any atom is -0.337 e. The number of rotatable bonds is 6. The van der Waals surface area contributed by atoms with Crippen molar-refractivity contribution in [3.63, 3.8) is 0 Å². The van der Waals surface area contributed by atoms with Crippen LogP contribution < -0.4 is 5.73 Å². The van der Waals surface area contributed by atoms with Gasteiger partial charge in [0.1, 0.15) is 0 Å². The Morgan fingerprint density at radius 3 is 3.06 bits per heavy atom. The zero-order valence-corrected chi connectivity index (χ0v) is 10.1. The summed E-state index contributed by atoms with van der Waals surface area (Å²) in [5.74, 6) is -0.0642. The summed E-state index contributed by atoms with van der Waals surface area (Å²) in [4.78, 5) is 19.7. The van der Waals surface area contributed by atoms with E-state index in [0.29, 0.717) is 11.4 Å². The van der Waals surface area contributed by atoms with E-state index in [1.54, 1.807) is 24.1 Å². The van der Waals surface area contributed by atoms with Crippen LogP contribution >= 0.6 is 11.3 Å². The van der Waals surface area contributed by atoms with Gasteiger partial charge in [-0.15, -0.1) is 11.3 Å². The van der Waals surface area contributed by atoms with Crippen molar-refractivity contribution in [2.75, 3.05) is 0 Å². The number of carbonyl (C=O) groups excluding carboxylic acids is 1. The van der Waals surface area contributed by atoms with E-state index < -0.39 is 6.04 Å². The van der Waals surface area contributed by atoms with E-state index in [1.807, 2.05) is 10.8 Å². The lowest BCUT2D eigenvalue weighted by atomic mass is 10.1. The van der Waals surface area contributed by atoms with Gasteiger partial charge in [0.2, 0.25) is 5.78 Å². The Morgan fingerprint density at radius 1 is 1.53 bits per heavy atom. The summed E-state index contributed by atoms with van der Waals surface area (Å²) in [6.45, 7) is 0.832. The van der Waals surface area contributed by atoms with Crippen LogP contribution in [0.1, 0.15) is 22.6 Å². The maximum Gasteiger partial charge on any atom is 0.207 e. The zero-order chi connectivity index (χ0) is 12.1. The summed E-state index contributed by atoms with van der Waals surface area (Å²) in [6, 6.07) is -0.454. The van der Waals surface area contributed by atoms with Crippen molar-refractivity contribution < 1.29 is 4.79 Å². The fourth-order valence-electron chi connectivity index (χ4n) is 1.55. The molecule has 0 aliphatic heterocycles. The second-order valence-corrected chi connectivity index (χ2v) is 4.65. The molecule has 17 heavy (non-hydrogen) atoms. The number of hydrogen-bond acceptors (Lipinski definition) is 5. The largest absolute Gasteiger partial charge is 0.337 e. The van der Waals surface area contributed by atoms with Crippen molar-refractivity contribution in [2.45, 2.75) is 25.4 Å². The highest BCUT2D eigenvalue weighted by molar-refractivity contribution is 7.11. The second-order valence-electron chi connectivity index (χ2n) is 3.75. The van der Waals surface area contributed by atoms with E-state index in [0.717, 1.165) is 13.0 Å². The third kappa shape index (κ3) is 3.21. The molecule has 0 bridgehead atoms. The molecular weight excluding hydrogens is 236 g/mol. The number of hydrogen-bond donors (Lipinski definition) is 1. The van der Waals surface area contributed by atoms with Crippen LogP contribution in [0.3, 0.4) is 0 Å². The molecule has 2 heterocycles. The monoisotopic (exact) mass is 250 g/mol. The predicted octanol–water partition coefficient (Wildman–Crippen LogP) is 1.33. The van der Waals surface area contributed by atoms with Crippen molar-refractivity contribution in [1.29, 1.82) is 0 Å². The number of thiazole rings is 1. The van der Waals surface area contributed by atoms with E-state index in [2.05, 4.69) is 9.97 Å². The summed E-state index contributed by atoms with van der Waals surface area (Å²) in [5, 5.41) is 2.28. The van der Waals surface area contributed by atoms with Crippen molar-refractivity contribution in [3.05, 3.63) is 35.3 Å². The van der Waals surface area contributed by atoms with E-state index in [4.69, 9.17) is 5.73 Å². The Hall–Kier alpha value is -1.53. The number of nitrogens with two attached hydrogens (primary N) is 1. The minimum atomic E-state index is -0.454. The van der Waals surface area contributed by atoms with Crippen LogP contribution in [0.5, 0.6) is 0 Å². The molecule has 0 radical (unpaired) electrons. The molecule has 2 aromatic heterocycles. The minimum absolute atomic E-state index is 0.0642. The van der Waals surface area contributed by atoms with Crippen molar-refractivity contribution in [3.8, 4) is 0 Å². The fraction of sp³-hybridized carbons (Fsp3) is 0.364. The van der Waals surface area contributed by atoms with Gasteiger partial charge >= 0.3 is 0 Å². The lowest BCUT2D eigenvalue weighted by Gasteiger charge is -2.08. The molecular formula is C11H14N4OS. The Bertz CT molecular complexity index is 452. The molecule has 0 aliphatic rings. The quantitative estimate of drug-likeness (QED) is 0.785. The first-order valence-electron chi connectivity index (χ1n) is 5.42. The smallest absolute Gasteiger partial charge is 0.207 e. The number of imidazole rings is 1. The molecule has 1 unspecified atom stereocenters. The highest BCUT2D eigenvalue weighted by Gasteiger charge is 2.17. The molecule has 1 atom stereocenters. The van der Waals surface area contributed by atoms with E-state index in [-0.39, 0.29) is 5.78 Å². The third-order valence-electron chi connectivity index (χ3n) is 2.47. The lowest BCUT2D eigenvalue weighted by Crippen LogP contribution is -2.30. The molecule has 0 saturated carbocycles. The van der Waals surface area contributed by atoms with E-state index >= 15 is 0 Å². The Balaban J connectivity index is 1.77. The summed E-state index contributed by atoms with van der Waals surface area (Å²) < 4.78 is 1.97. The van der Waals surface area contributed by atoms with E-state index in [1.165, 1.54) is 11.3 Å². The highest BCUT2D eigenvalue weighted by Crippen LogP contribution is 2.09. The van der Waals surface area contributed by atoms with Gasteiger partial charge in [0.25, 0.3) is 0 Å². The van der Waals surface area contributed by atoms with Crippen LogP contribution in [0, 0.1) is 0 Å². The summed E-state index contributed by atoms with van der Waals surface area (Å²) in [6.07, 6.45) is 8.53. The summed E-state index contributed by atoms with van der Waals surface area (Å²) in [7, 11) is 0. The molecule has 90 valence electrons. The van der Waals surface area contributed by atoms with Gasteiger partial charge in [-0.05, 0) is 12.8 Å². The molecule has 2 aromatic rings. The molecule has 0 fully saturated rings. The van der Waals surface area contributed by atoms with Crippen LogP contribution in [0.15, 0.2) is 30.3 Å².